The van der Waals surface area contributed by atoms with Crippen LogP contribution in [-0.2, 0) is 14.3 Å². The van der Waals surface area contributed by atoms with Gasteiger partial charge < -0.3 is 9.47 Å². The summed E-state index contributed by atoms with van der Waals surface area (Å²) in [5, 5.41) is 0. The molecular formula is C12H20O3. The van der Waals surface area contributed by atoms with Crippen LogP contribution < -0.4 is 0 Å². The molecule has 15 heavy (non-hydrogen) atoms. The van der Waals surface area contributed by atoms with Crippen molar-refractivity contribution in [3.8, 4) is 0 Å². The highest BCUT2D eigenvalue weighted by molar-refractivity contribution is 5.79. The molecule has 3 nitrogen and oxygen atoms in total. The van der Waals surface area contributed by atoms with Crippen LogP contribution in [0.25, 0.3) is 0 Å². The Morgan fingerprint density at radius 2 is 2.20 bits per heavy atom. The Hall–Kier alpha value is -0.570. The Morgan fingerprint density at radius 1 is 1.40 bits per heavy atom. The van der Waals surface area contributed by atoms with Gasteiger partial charge in [-0.2, -0.15) is 0 Å². The minimum atomic E-state index is -0.225. The maximum absolute atomic E-state index is 11.5. The number of ether oxygens (including phenoxy) is 2. The second kappa shape index (κ2) is 4.52. The average Bonchev–Trinajstić information content (AvgIpc) is 2.92. The van der Waals surface area contributed by atoms with E-state index in [4.69, 9.17) is 9.47 Å². The maximum atomic E-state index is 11.5. The molecule has 0 aromatic rings. The van der Waals surface area contributed by atoms with E-state index in [1.807, 2.05) is 0 Å². The van der Waals surface area contributed by atoms with E-state index in [9.17, 15) is 4.79 Å². The smallest absolute Gasteiger partial charge is 0.338 e. The third-order valence-corrected chi connectivity index (χ3v) is 3.43. The van der Waals surface area contributed by atoms with Crippen molar-refractivity contribution in [3.05, 3.63) is 0 Å². The summed E-state index contributed by atoms with van der Waals surface area (Å²) in [6.45, 7) is 2.74. The van der Waals surface area contributed by atoms with Crippen LogP contribution in [0.2, 0.25) is 0 Å². The molecule has 0 aromatic heterocycles. The molecule has 0 N–H and O–H groups in total. The lowest BCUT2D eigenvalue weighted by molar-refractivity contribution is -0.145. The summed E-state index contributed by atoms with van der Waals surface area (Å²) in [5.74, 6) is -0.133. The standard InChI is InChI=1S/C12H20O3/c1-2-3-4-5-9-14-11(13)10-12(15-10)7-6-8-12/h10H,2-9H2,1H3. The molecule has 3 heteroatoms. The van der Waals surface area contributed by atoms with Crippen LogP contribution in [0.15, 0.2) is 0 Å². The average molecular weight is 212 g/mol. The molecule has 1 spiro atoms. The molecule has 0 amide bonds. The lowest BCUT2D eigenvalue weighted by Gasteiger charge is -2.21. The van der Waals surface area contributed by atoms with Crippen molar-refractivity contribution < 1.29 is 14.3 Å². The Kier molecular flexibility index (Phi) is 3.29. The van der Waals surface area contributed by atoms with E-state index in [0.29, 0.717) is 6.61 Å². The first-order valence-electron chi connectivity index (χ1n) is 6.13. The van der Waals surface area contributed by atoms with Gasteiger partial charge in [-0.15, -0.1) is 0 Å². The first-order chi connectivity index (χ1) is 7.28. The Bertz CT molecular complexity index is 233. The minimum absolute atomic E-state index is 0.0689. The molecule has 86 valence electrons. The summed E-state index contributed by atoms with van der Waals surface area (Å²) in [6, 6.07) is 0. The molecule has 1 atom stereocenters. The maximum Gasteiger partial charge on any atom is 0.338 e. The summed E-state index contributed by atoms with van der Waals surface area (Å²) in [5.41, 5.74) is -0.0689. The van der Waals surface area contributed by atoms with Crippen molar-refractivity contribution in [2.45, 2.75) is 63.6 Å². The number of carbonyl (C=O) groups excluding carboxylic acids is 1. The molecular weight excluding hydrogens is 192 g/mol. The molecule has 2 fully saturated rings. The van der Waals surface area contributed by atoms with Crippen LogP contribution in [0.4, 0.5) is 0 Å². The highest BCUT2D eigenvalue weighted by Gasteiger charge is 2.64. The summed E-state index contributed by atoms with van der Waals surface area (Å²) in [4.78, 5) is 11.5. The van der Waals surface area contributed by atoms with Gasteiger partial charge in [0.25, 0.3) is 0 Å². The van der Waals surface area contributed by atoms with Gasteiger partial charge in [0.15, 0.2) is 6.10 Å². The highest BCUT2D eigenvalue weighted by Crippen LogP contribution is 2.52. The number of unbranched alkanes of at least 4 members (excludes halogenated alkanes) is 3. The van der Waals surface area contributed by atoms with Gasteiger partial charge in [0.1, 0.15) is 5.60 Å². The Labute approximate surface area is 91.1 Å². The Morgan fingerprint density at radius 3 is 2.73 bits per heavy atom. The van der Waals surface area contributed by atoms with Crippen LogP contribution >= 0.6 is 0 Å². The van der Waals surface area contributed by atoms with Gasteiger partial charge in [-0.1, -0.05) is 26.2 Å². The fourth-order valence-corrected chi connectivity index (χ4v) is 2.15. The Balaban J connectivity index is 1.54. The fraction of sp³-hybridized carbons (Fsp3) is 0.917. The third kappa shape index (κ3) is 2.33. The van der Waals surface area contributed by atoms with E-state index in [2.05, 4.69) is 6.92 Å². The largest absolute Gasteiger partial charge is 0.464 e. The van der Waals surface area contributed by atoms with Crippen LogP contribution in [0, 0.1) is 0 Å². The molecule has 2 aliphatic rings. The normalized spacial score (nSPS) is 26.1. The molecule has 1 aliphatic heterocycles. The number of esters is 1. The lowest BCUT2D eigenvalue weighted by atomic mass is 9.82. The number of epoxide rings is 1. The molecule has 0 aromatic carbocycles. The second-order valence-corrected chi connectivity index (χ2v) is 4.64. The quantitative estimate of drug-likeness (QED) is 0.385. The van der Waals surface area contributed by atoms with Gasteiger partial charge in [-0.25, -0.2) is 4.79 Å². The van der Waals surface area contributed by atoms with Gasteiger partial charge in [-0.05, 0) is 25.7 Å². The van der Waals surface area contributed by atoms with E-state index in [1.165, 1.54) is 19.3 Å². The first kappa shape index (κ1) is 10.9. The summed E-state index contributed by atoms with van der Waals surface area (Å²) in [6.07, 6.45) is 7.63. The molecule has 1 aliphatic carbocycles. The van der Waals surface area contributed by atoms with Crippen LogP contribution in [0.5, 0.6) is 0 Å². The SMILES string of the molecule is CCCCCCOC(=O)C1OC12CCC2. The van der Waals surface area contributed by atoms with Gasteiger partial charge in [0.2, 0.25) is 0 Å². The summed E-state index contributed by atoms with van der Waals surface area (Å²) < 4.78 is 10.6. The second-order valence-electron chi connectivity index (χ2n) is 4.64. The van der Waals surface area contributed by atoms with Gasteiger partial charge in [0, 0.05) is 0 Å². The topological polar surface area (TPSA) is 38.8 Å². The fourth-order valence-electron chi connectivity index (χ4n) is 2.15. The predicted molar refractivity (Wildman–Crippen MR) is 56.6 cm³/mol. The van der Waals surface area contributed by atoms with Gasteiger partial charge in [-0.3, -0.25) is 0 Å². The highest BCUT2D eigenvalue weighted by atomic mass is 16.7. The minimum Gasteiger partial charge on any atom is -0.464 e. The number of rotatable bonds is 6. The number of hydrogen-bond acceptors (Lipinski definition) is 3. The van der Waals surface area contributed by atoms with Crippen molar-refractivity contribution in [3.63, 3.8) is 0 Å². The summed E-state index contributed by atoms with van der Waals surface area (Å²) >= 11 is 0. The van der Waals surface area contributed by atoms with E-state index >= 15 is 0 Å². The van der Waals surface area contributed by atoms with Crippen molar-refractivity contribution in [1.82, 2.24) is 0 Å². The van der Waals surface area contributed by atoms with Gasteiger partial charge >= 0.3 is 5.97 Å². The number of carbonyl (C=O) groups is 1. The van der Waals surface area contributed by atoms with Crippen molar-refractivity contribution in [2.24, 2.45) is 0 Å². The molecule has 2 rings (SSSR count). The molecule has 1 heterocycles. The molecule has 0 bridgehead atoms. The molecule has 1 saturated heterocycles. The van der Waals surface area contributed by atoms with Crippen molar-refractivity contribution in [2.75, 3.05) is 6.61 Å². The van der Waals surface area contributed by atoms with Crippen molar-refractivity contribution in [1.29, 1.82) is 0 Å². The predicted octanol–water partition coefficient (Wildman–Crippen LogP) is 2.43. The van der Waals surface area contributed by atoms with Crippen LogP contribution in [0.3, 0.4) is 0 Å². The zero-order valence-corrected chi connectivity index (χ0v) is 9.46. The van der Waals surface area contributed by atoms with E-state index < -0.39 is 0 Å². The van der Waals surface area contributed by atoms with Crippen molar-refractivity contribution >= 4 is 5.97 Å². The number of hydrogen-bond donors (Lipinski definition) is 0. The van der Waals surface area contributed by atoms with Crippen LogP contribution in [0.1, 0.15) is 51.9 Å². The van der Waals surface area contributed by atoms with Gasteiger partial charge in [0.05, 0.1) is 6.61 Å². The van der Waals surface area contributed by atoms with E-state index in [0.717, 1.165) is 25.7 Å². The molecule has 1 unspecified atom stereocenters. The first-order valence-corrected chi connectivity index (χ1v) is 6.13. The van der Waals surface area contributed by atoms with E-state index in [-0.39, 0.29) is 17.7 Å². The van der Waals surface area contributed by atoms with Crippen LogP contribution in [-0.4, -0.2) is 24.3 Å². The van der Waals surface area contributed by atoms with E-state index in [1.54, 1.807) is 0 Å². The lowest BCUT2D eigenvalue weighted by Crippen LogP contribution is -2.29. The monoisotopic (exact) mass is 212 g/mol. The molecule has 1 saturated carbocycles. The summed E-state index contributed by atoms with van der Waals surface area (Å²) in [7, 11) is 0. The zero-order valence-electron chi connectivity index (χ0n) is 9.46. The molecule has 0 radical (unpaired) electrons. The third-order valence-electron chi connectivity index (χ3n) is 3.43. The zero-order chi connectivity index (χ0) is 10.7.